The van der Waals surface area contributed by atoms with Crippen LogP contribution in [-0.4, -0.2) is 58.8 Å². The van der Waals surface area contributed by atoms with Gasteiger partial charge in [-0.3, -0.25) is 9.78 Å². The van der Waals surface area contributed by atoms with Crippen molar-refractivity contribution in [2.45, 2.75) is 6.42 Å². The lowest BCUT2D eigenvalue weighted by Crippen LogP contribution is -2.28. The van der Waals surface area contributed by atoms with Crippen molar-refractivity contribution in [3.8, 4) is 6.01 Å². The molecule has 158 valence electrons. The zero-order valence-electron chi connectivity index (χ0n) is 16.4. The highest BCUT2D eigenvalue weighted by molar-refractivity contribution is 5.91. The largest absolute Gasteiger partial charge is 0.461 e. The molecule has 3 heterocycles. The highest BCUT2D eigenvalue weighted by Crippen LogP contribution is 2.54. The quantitative estimate of drug-likeness (QED) is 0.598. The predicted octanol–water partition coefficient (Wildman–Crippen LogP) is 1.28. The Bertz CT molecular complexity index is 899. The molecule has 1 amide bonds. The van der Waals surface area contributed by atoms with E-state index in [2.05, 4.69) is 20.3 Å². The van der Waals surface area contributed by atoms with Gasteiger partial charge < -0.3 is 20.1 Å². The normalized spacial score (nSPS) is 22.2. The van der Waals surface area contributed by atoms with Gasteiger partial charge in [0.25, 0.3) is 0 Å². The third kappa shape index (κ3) is 4.73. The number of anilines is 1. The van der Waals surface area contributed by atoms with E-state index in [4.69, 9.17) is 9.84 Å². The fraction of sp³-hybridized carbons (Fsp3) is 0.429. The van der Waals surface area contributed by atoms with Gasteiger partial charge in [0, 0.05) is 38.1 Å². The Kier molecular flexibility index (Phi) is 6.18. The van der Waals surface area contributed by atoms with E-state index in [0.717, 1.165) is 31.3 Å². The van der Waals surface area contributed by atoms with Crippen LogP contribution in [0, 0.1) is 23.6 Å². The smallest absolute Gasteiger partial charge is 0.318 e. The maximum absolute atomic E-state index is 14.1. The lowest BCUT2D eigenvalue weighted by Gasteiger charge is -2.21. The zero-order chi connectivity index (χ0) is 20.9. The molecule has 2 aromatic rings. The number of aliphatic hydroxyl groups excluding tert-OH is 1. The topological polar surface area (TPSA) is 100 Å². The maximum atomic E-state index is 14.1. The molecule has 2 fully saturated rings. The third-order valence-electron chi connectivity index (χ3n) is 5.59. The summed E-state index contributed by atoms with van der Waals surface area (Å²) in [6.07, 6.45) is 8.65. The molecule has 1 saturated carbocycles. The molecule has 30 heavy (non-hydrogen) atoms. The molecule has 2 aliphatic rings. The molecule has 9 heteroatoms. The number of nitrogens with zero attached hydrogens (tertiary/aromatic N) is 4. The molecule has 4 rings (SSSR count). The number of fused-ring (bicyclic) bond motifs is 1. The van der Waals surface area contributed by atoms with Gasteiger partial charge >= 0.3 is 6.01 Å². The van der Waals surface area contributed by atoms with Crippen LogP contribution < -0.4 is 15.0 Å². The number of halogens is 1. The number of pyridine rings is 1. The van der Waals surface area contributed by atoms with Crippen LogP contribution in [0.3, 0.4) is 0 Å². The molecule has 2 aromatic heterocycles. The number of piperidine rings is 1. The second-order valence-corrected chi connectivity index (χ2v) is 7.49. The molecule has 1 unspecified atom stereocenters. The minimum absolute atomic E-state index is 0.0691. The van der Waals surface area contributed by atoms with E-state index in [1.807, 2.05) is 17.0 Å². The molecular formula is C21H24FN5O3. The van der Waals surface area contributed by atoms with Crippen molar-refractivity contribution in [2.24, 2.45) is 17.8 Å². The second-order valence-electron chi connectivity index (χ2n) is 7.49. The lowest BCUT2D eigenvalue weighted by atomic mass is 10.2. The Morgan fingerprint density at radius 1 is 1.37 bits per heavy atom. The van der Waals surface area contributed by atoms with Crippen LogP contribution in [0.15, 0.2) is 36.8 Å². The summed E-state index contributed by atoms with van der Waals surface area (Å²) < 4.78 is 19.3. The van der Waals surface area contributed by atoms with Gasteiger partial charge in [0.15, 0.2) is 11.6 Å². The number of carbonyl (C=O) groups is 1. The van der Waals surface area contributed by atoms with Crippen molar-refractivity contribution in [3.63, 3.8) is 0 Å². The maximum Gasteiger partial charge on any atom is 0.318 e. The summed E-state index contributed by atoms with van der Waals surface area (Å²) in [6.45, 7) is 2.01. The fourth-order valence-electron chi connectivity index (χ4n) is 4.09. The van der Waals surface area contributed by atoms with Gasteiger partial charge in [-0.15, -0.1) is 0 Å². The fourth-order valence-corrected chi connectivity index (χ4v) is 4.09. The zero-order valence-corrected chi connectivity index (χ0v) is 16.4. The Balaban J connectivity index is 1.21. The second kappa shape index (κ2) is 9.17. The predicted molar refractivity (Wildman–Crippen MR) is 108 cm³/mol. The molecule has 0 spiro atoms. The average molecular weight is 413 g/mol. The van der Waals surface area contributed by atoms with E-state index >= 15 is 0 Å². The van der Waals surface area contributed by atoms with Crippen molar-refractivity contribution in [1.82, 2.24) is 20.3 Å². The van der Waals surface area contributed by atoms with Crippen LogP contribution in [-0.2, 0) is 4.79 Å². The van der Waals surface area contributed by atoms with Gasteiger partial charge in [-0.05, 0) is 41.9 Å². The summed E-state index contributed by atoms with van der Waals surface area (Å²) in [5.41, 5.74) is 0.881. The summed E-state index contributed by atoms with van der Waals surface area (Å²) >= 11 is 0. The molecule has 3 atom stereocenters. The van der Waals surface area contributed by atoms with Crippen molar-refractivity contribution in [1.29, 1.82) is 0 Å². The first-order valence-corrected chi connectivity index (χ1v) is 10.0. The highest BCUT2D eigenvalue weighted by Gasteiger charge is 2.55. The molecule has 1 saturated heterocycles. The first-order chi connectivity index (χ1) is 14.7. The number of hydrogen-bond acceptors (Lipinski definition) is 7. The van der Waals surface area contributed by atoms with Crippen LogP contribution in [0.5, 0.6) is 6.01 Å². The molecule has 1 aliphatic carbocycles. The number of carbonyl (C=O) groups excluding carboxylic acids is 1. The van der Waals surface area contributed by atoms with Gasteiger partial charge in [0.05, 0.1) is 12.8 Å². The van der Waals surface area contributed by atoms with Crippen LogP contribution in [0.4, 0.5) is 10.2 Å². The minimum atomic E-state index is -0.475. The number of hydrogen-bond donors (Lipinski definition) is 2. The van der Waals surface area contributed by atoms with E-state index in [-0.39, 0.29) is 30.9 Å². The summed E-state index contributed by atoms with van der Waals surface area (Å²) in [7, 11) is 0. The van der Waals surface area contributed by atoms with Crippen molar-refractivity contribution in [3.05, 3.63) is 48.2 Å². The van der Waals surface area contributed by atoms with Crippen molar-refractivity contribution >= 4 is 17.8 Å². The number of rotatable bonds is 9. The number of ether oxygens (including phenoxy) is 1. The van der Waals surface area contributed by atoms with Crippen LogP contribution >= 0.6 is 0 Å². The minimum Gasteiger partial charge on any atom is -0.461 e. The van der Waals surface area contributed by atoms with Gasteiger partial charge in [-0.2, -0.15) is 4.98 Å². The molecule has 1 aliphatic heterocycles. The van der Waals surface area contributed by atoms with Crippen LogP contribution in [0.1, 0.15) is 12.0 Å². The molecule has 8 nitrogen and oxygen atoms in total. The summed E-state index contributed by atoms with van der Waals surface area (Å²) in [4.78, 5) is 25.8. The number of aromatic nitrogens is 3. The number of aliphatic hydroxyl groups is 1. The lowest BCUT2D eigenvalue weighted by molar-refractivity contribution is -0.116. The van der Waals surface area contributed by atoms with Gasteiger partial charge in [-0.1, -0.05) is 6.07 Å². The molecule has 0 aromatic carbocycles. The first-order valence-electron chi connectivity index (χ1n) is 10.0. The van der Waals surface area contributed by atoms with Crippen LogP contribution in [0.25, 0.3) is 6.08 Å². The molecular weight excluding hydrogens is 389 g/mol. The summed E-state index contributed by atoms with van der Waals surface area (Å²) in [6, 6.07) is 3.78. The summed E-state index contributed by atoms with van der Waals surface area (Å²) in [5.74, 6) is 1.17. The first kappa shape index (κ1) is 20.2. The summed E-state index contributed by atoms with van der Waals surface area (Å²) in [5, 5.41) is 11.7. The van der Waals surface area contributed by atoms with E-state index < -0.39 is 5.82 Å². The van der Waals surface area contributed by atoms with E-state index in [1.165, 1.54) is 6.08 Å². The Morgan fingerprint density at radius 2 is 2.20 bits per heavy atom. The third-order valence-corrected chi connectivity index (χ3v) is 5.59. The van der Waals surface area contributed by atoms with Gasteiger partial charge in [0.2, 0.25) is 5.91 Å². The standard InChI is InChI=1S/C21H24FN5O3/c22-18-11-25-21(30-9-8-28)26-20(18)27-12-16-15(17(16)13-27)5-7-24-19(29)4-3-14-2-1-6-23-10-14/h1-4,6,10-11,15-17,28H,5,7-9,12-13H2,(H,24,29)/b4-3+/t15?,16-,17+. The van der Waals surface area contributed by atoms with E-state index in [1.54, 1.807) is 18.5 Å². The Hall–Kier alpha value is -3.07. The van der Waals surface area contributed by atoms with Gasteiger partial charge in [-0.25, -0.2) is 9.37 Å². The van der Waals surface area contributed by atoms with Crippen molar-refractivity contribution < 1.29 is 19.0 Å². The van der Waals surface area contributed by atoms with E-state index in [0.29, 0.717) is 24.3 Å². The molecule has 0 radical (unpaired) electrons. The molecule has 0 bridgehead atoms. The van der Waals surface area contributed by atoms with Crippen molar-refractivity contribution in [2.75, 3.05) is 37.7 Å². The number of nitrogens with one attached hydrogen (secondary N) is 1. The highest BCUT2D eigenvalue weighted by atomic mass is 19.1. The Labute approximate surface area is 173 Å². The monoisotopic (exact) mass is 413 g/mol. The van der Waals surface area contributed by atoms with Gasteiger partial charge in [0.1, 0.15) is 6.61 Å². The number of amides is 1. The SMILES string of the molecule is O=C(/C=C/c1cccnc1)NCCC1[C@H]2CN(c3nc(OCCO)ncc3F)C[C@@H]12. The average Bonchev–Trinajstić information content (AvgIpc) is 3.20. The Morgan fingerprint density at radius 3 is 2.93 bits per heavy atom. The molecule has 2 N–H and O–H groups in total. The van der Waals surface area contributed by atoms with Crippen LogP contribution in [0.2, 0.25) is 0 Å². The van der Waals surface area contributed by atoms with E-state index in [9.17, 15) is 9.18 Å².